The molecule has 5 rings (SSSR count). The summed E-state index contributed by atoms with van der Waals surface area (Å²) < 4.78 is 18.8. The fourth-order valence-electron chi connectivity index (χ4n) is 10.2. The zero-order valence-electron chi connectivity index (χ0n) is 24.0. The summed E-state index contributed by atoms with van der Waals surface area (Å²) in [7, 11) is 0. The first-order chi connectivity index (χ1) is 18.5. The van der Waals surface area contributed by atoms with Gasteiger partial charge in [-0.3, -0.25) is 5.32 Å². The third kappa shape index (κ3) is 5.12. The smallest absolute Gasteiger partial charge is 0.411 e. The van der Waals surface area contributed by atoms with E-state index in [0.717, 1.165) is 57.4 Å². The SMILES string of the molecule is CC[C@@H]1C2C[C@H](O)CC[C@]2(C)[C@H]2CC[C@]3(C)[C@@H]([C@H](C)CCOC(=O)Nc4ccc(F)cc4Cl)CC[C@H]3C2[C@@H]1O. The number of halogens is 2. The molecule has 11 atom stereocenters. The Balaban J connectivity index is 1.23. The van der Waals surface area contributed by atoms with Crippen LogP contribution in [-0.4, -0.2) is 35.1 Å². The molecule has 0 aromatic heterocycles. The van der Waals surface area contributed by atoms with E-state index in [1.54, 1.807) is 0 Å². The molecule has 4 fully saturated rings. The summed E-state index contributed by atoms with van der Waals surface area (Å²) in [5.41, 5.74) is 0.726. The van der Waals surface area contributed by atoms with Crippen LogP contribution in [0, 0.1) is 58.1 Å². The highest BCUT2D eigenvalue weighted by Gasteiger charge is 2.64. The number of hydrogen-bond acceptors (Lipinski definition) is 4. The van der Waals surface area contributed by atoms with Crippen LogP contribution >= 0.6 is 11.6 Å². The van der Waals surface area contributed by atoms with Crippen LogP contribution in [0.4, 0.5) is 14.9 Å². The molecule has 0 heterocycles. The topological polar surface area (TPSA) is 78.8 Å². The van der Waals surface area contributed by atoms with Gasteiger partial charge >= 0.3 is 6.09 Å². The molecule has 4 aliphatic rings. The minimum Gasteiger partial charge on any atom is -0.449 e. The number of aliphatic hydroxyl groups excluding tert-OH is 2. The maximum Gasteiger partial charge on any atom is 0.411 e. The normalized spacial score (nSPS) is 42.2. The van der Waals surface area contributed by atoms with Crippen LogP contribution in [0.3, 0.4) is 0 Å². The number of carbonyl (C=O) groups is 1. The number of rotatable bonds is 6. The predicted molar refractivity (Wildman–Crippen MR) is 152 cm³/mol. The van der Waals surface area contributed by atoms with Crippen molar-refractivity contribution in [3.8, 4) is 0 Å². The molecule has 2 unspecified atom stereocenters. The van der Waals surface area contributed by atoms with Gasteiger partial charge in [0.05, 0.1) is 29.5 Å². The molecule has 218 valence electrons. The van der Waals surface area contributed by atoms with Gasteiger partial charge in [0.15, 0.2) is 0 Å². The van der Waals surface area contributed by atoms with Crippen molar-refractivity contribution >= 4 is 23.4 Å². The second-order valence-corrected chi connectivity index (χ2v) is 14.2. The molecule has 0 spiro atoms. The third-order valence-electron chi connectivity index (χ3n) is 12.1. The number of anilines is 1. The van der Waals surface area contributed by atoms with Crippen LogP contribution in [0.25, 0.3) is 0 Å². The van der Waals surface area contributed by atoms with Crippen LogP contribution in [-0.2, 0) is 4.74 Å². The molecule has 4 saturated carbocycles. The first kappa shape index (κ1) is 29.1. The Morgan fingerprint density at radius 3 is 2.56 bits per heavy atom. The highest BCUT2D eigenvalue weighted by atomic mass is 35.5. The van der Waals surface area contributed by atoms with Crippen LogP contribution in [0.15, 0.2) is 18.2 Å². The quantitative estimate of drug-likeness (QED) is 0.331. The number of hydrogen-bond donors (Lipinski definition) is 3. The summed E-state index contributed by atoms with van der Waals surface area (Å²) in [6, 6.07) is 3.84. The van der Waals surface area contributed by atoms with Gasteiger partial charge in [-0.1, -0.05) is 45.7 Å². The number of carbonyl (C=O) groups excluding carboxylic acids is 1. The van der Waals surface area contributed by atoms with Crippen LogP contribution in [0.5, 0.6) is 0 Å². The number of fused-ring (bicyclic) bond motifs is 5. The Morgan fingerprint density at radius 1 is 1.13 bits per heavy atom. The van der Waals surface area contributed by atoms with Gasteiger partial charge in [-0.25, -0.2) is 9.18 Å². The van der Waals surface area contributed by atoms with Crippen molar-refractivity contribution in [2.45, 2.75) is 97.7 Å². The van der Waals surface area contributed by atoms with Crippen molar-refractivity contribution in [2.75, 3.05) is 11.9 Å². The first-order valence-electron chi connectivity index (χ1n) is 15.2. The first-order valence-corrected chi connectivity index (χ1v) is 15.6. The van der Waals surface area contributed by atoms with Crippen LogP contribution in [0.2, 0.25) is 5.02 Å². The average molecular weight is 564 g/mol. The highest BCUT2D eigenvalue weighted by Crippen LogP contribution is 2.69. The van der Waals surface area contributed by atoms with Crippen molar-refractivity contribution in [3.63, 3.8) is 0 Å². The van der Waals surface area contributed by atoms with Gasteiger partial charge in [0, 0.05) is 0 Å². The minimum absolute atomic E-state index is 0.139. The molecule has 3 N–H and O–H groups in total. The third-order valence-corrected chi connectivity index (χ3v) is 12.4. The Labute approximate surface area is 238 Å². The molecule has 0 saturated heterocycles. The summed E-state index contributed by atoms with van der Waals surface area (Å²) in [5.74, 6) is 2.55. The summed E-state index contributed by atoms with van der Waals surface area (Å²) in [6.07, 6.45) is 8.16. The highest BCUT2D eigenvalue weighted by molar-refractivity contribution is 6.33. The maximum atomic E-state index is 13.3. The fourth-order valence-corrected chi connectivity index (χ4v) is 10.4. The van der Waals surface area contributed by atoms with E-state index in [1.807, 2.05) is 0 Å². The summed E-state index contributed by atoms with van der Waals surface area (Å²) in [5, 5.41) is 25.1. The molecule has 1 amide bonds. The second kappa shape index (κ2) is 11.1. The summed E-state index contributed by atoms with van der Waals surface area (Å²) >= 11 is 6.02. The van der Waals surface area contributed by atoms with E-state index in [4.69, 9.17) is 16.3 Å². The lowest BCUT2D eigenvalue weighted by molar-refractivity contribution is -0.203. The van der Waals surface area contributed by atoms with Crippen molar-refractivity contribution in [1.82, 2.24) is 0 Å². The van der Waals surface area contributed by atoms with Crippen molar-refractivity contribution in [2.24, 2.45) is 52.3 Å². The fraction of sp³-hybridized carbons (Fsp3) is 0.781. The van der Waals surface area contributed by atoms with E-state index in [2.05, 4.69) is 33.0 Å². The summed E-state index contributed by atoms with van der Waals surface area (Å²) in [4.78, 5) is 12.3. The molecule has 0 radical (unpaired) electrons. The molecule has 5 nitrogen and oxygen atoms in total. The zero-order chi connectivity index (χ0) is 28.1. The van der Waals surface area contributed by atoms with Gasteiger partial charge in [-0.05, 0) is 122 Å². The van der Waals surface area contributed by atoms with Gasteiger partial charge in [0.2, 0.25) is 0 Å². The maximum absolute atomic E-state index is 13.3. The van der Waals surface area contributed by atoms with Gasteiger partial charge in [0.1, 0.15) is 5.82 Å². The molecular formula is C32H47ClFNO4. The zero-order valence-corrected chi connectivity index (χ0v) is 24.7. The molecule has 1 aromatic carbocycles. The molecule has 1 aromatic rings. The Bertz CT molecular complexity index is 1050. The molecular weight excluding hydrogens is 517 g/mol. The lowest BCUT2D eigenvalue weighted by Crippen LogP contribution is -2.62. The largest absolute Gasteiger partial charge is 0.449 e. The molecule has 4 aliphatic carbocycles. The Kier molecular flexibility index (Phi) is 8.32. The lowest BCUT2D eigenvalue weighted by atomic mass is 9.41. The number of ether oxygens (including phenoxy) is 1. The van der Waals surface area contributed by atoms with E-state index in [0.29, 0.717) is 47.8 Å². The summed E-state index contributed by atoms with van der Waals surface area (Å²) in [6.45, 7) is 9.78. The molecule has 39 heavy (non-hydrogen) atoms. The predicted octanol–water partition coefficient (Wildman–Crippen LogP) is 7.68. The van der Waals surface area contributed by atoms with E-state index >= 15 is 0 Å². The van der Waals surface area contributed by atoms with Crippen molar-refractivity contribution in [1.29, 1.82) is 0 Å². The van der Waals surface area contributed by atoms with Crippen molar-refractivity contribution in [3.05, 3.63) is 29.0 Å². The number of aliphatic hydroxyl groups is 2. The van der Waals surface area contributed by atoms with Crippen LogP contribution < -0.4 is 5.32 Å². The van der Waals surface area contributed by atoms with E-state index in [-0.39, 0.29) is 34.0 Å². The standard InChI is InChI=1S/C32H47ClFNO4/c1-5-21-25-17-20(36)10-13-32(25,4)24-11-14-31(3)22(7-8-23(31)28(24)29(21)37)18(2)12-15-39-30(38)35-27-9-6-19(34)16-26(27)33/h6,9,16,18,20-25,28-29,36-37H,5,7-8,10-15,17H2,1-4H3,(H,35,38)/t18-,20-,21-,22-,23+,24+,25?,28?,29-,31-,32-/m1/s1. The molecule has 0 bridgehead atoms. The molecule has 7 heteroatoms. The Morgan fingerprint density at radius 2 is 1.85 bits per heavy atom. The number of benzene rings is 1. The monoisotopic (exact) mass is 563 g/mol. The average Bonchev–Trinajstić information content (AvgIpc) is 3.24. The van der Waals surface area contributed by atoms with Crippen molar-refractivity contribution < 1.29 is 24.1 Å². The second-order valence-electron chi connectivity index (χ2n) is 13.8. The van der Waals surface area contributed by atoms with Gasteiger partial charge < -0.3 is 14.9 Å². The van der Waals surface area contributed by atoms with E-state index < -0.39 is 11.9 Å². The lowest BCUT2D eigenvalue weighted by Gasteiger charge is -2.64. The van der Waals surface area contributed by atoms with Gasteiger partial charge in [-0.2, -0.15) is 0 Å². The molecule has 0 aliphatic heterocycles. The van der Waals surface area contributed by atoms with Gasteiger partial charge in [0.25, 0.3) is 0 Å². The van der Waals surface area contributed by atoms with E-state index in [1.165, 1.54) is 18.6 Å². The Hall–Kier alpha value is -1.37. The van der Waals surface area contributed by atoms with E-state index in [9.17, 15) is 19.4 Å². The number of amides is 1. The van der Waals surface area contributed by atoms with Gasteiger partial charge in [-0.15, -0.1) is 0 Å². The minimum atomic E-state index is -0.580. The van der Waals surface area contributed by atoms with Crippen LogP contribution in [0.1, 0.15) is 85.5 Å². The number of nitrogens with one attached hydrogen (secondary N) is 1.